The molecule has 1 aromatic carbocycles. The number of halogens is 1. The Balaban J connectivity index is 1.67. The molecule has 0 radical (unpaired) electrons. The number of hydrogen-bond acceptors (Lipinski definition) is 6. The lowest BCUT2D eigenvalue weighted by Crippen LogP contribution is -2.21. The number of hydrogen-bond donors (Lipinski definition) is 2. The number of aromatic nitrogens is 4. The molecule has 0 aliphatic carbocycles. The van der Waals surface area contributed by atoms with E-state index in [2.05, 4.69) is 9.97 Å². The van der Waals surface area contributed by atoms with E-state index in [-0.39, 0.29) is 17.7 Å². The summed E-state index contributed by atoms with van der Waals surface area (Å²) in [6, 6.07) is 13.6. The van der Waals surface area contributed by atoms with Gasteiger partial charge in [-0.1, -0.05) is 12.1 Å². The summed E-state index contributed by atoms with van der Waals surface area (Å²) in [5, 5.41) is 0. The fraction of sp³-hybridized carbons (Fsp3) is 0.190. The van der Waals surface area contributed by atoms with Crippen molar-refractivity contribution in [2.24, 2.45) is 0 Å². The quantitative estimate of drug-likeness (QED) is 0.538. The molecule has 148 valence electrons. The number of para-hydroxylation sites is 1. The third-order valence-corrected chi connectivity index (χ3v) is 4.55. The summed E-state index contributed by atoms with van der Waals surface area (Å²) in [4.78, 5) is 13.3. The summed E-state index contributed by atoms with van der Waals surface area (Å²) >= 11 is 0. The van der Waals surface area contributed by atoms with Gasteiger partial charge in [0.05, 0.1) is 12.2 Å². The van der Waals surface area contributed by atoms with Crippen LogP contribution in [0.1, 0.15) is 12.7 Å². The van der Waals surface area contributed by atoms with Crippen LogP contribution in [0.3, 0.4) is 0 Å². The molecule has 0 saturated carbocycles. The van der Waals surface area contributed by atoms with Crippen molar-refractivity contribution in [1.82, 2.24) is 19.5 Å². The molecule has 3 heterocycles. The summed E-state index contributed by atoms with van der Waals surface area (Å²) < 4.78 is 21.6. The van der Waals surface area contributed by atoms with Crippen LogP contribution in [0.4, 0.5) is 16.0 Å². The summed E-state index contributed by atoms with van der Waals surface area (Å²) in [5.41, 5.74) is 14.6. The largest absolute Gasteiger partial charge is 0.486 e. The zero-order chi connectivity index (χ0) is 20.5. The highest BCUT2D eigenvalue weighted by molar-refractivity contribution is 5.77. The Morgan fingerprint density at radius 3 is 2.48 bits per heavy atom. The summed E-state index contributed by atoms with van der Waals surface area (Å²) in [6.07, 6.45) is -0.291. The fourth-order valence-electron chi connectivity index (χ4n) is 3.27. The van der Waals surface area contributed by atoms with Crippen molar-refractivity contribution in [3.8, 4) is 17.0 Å². The first-order valence-electron chi connectivity index (χ1n) is 9.19. The van der Waals surface area contributed by atoms with Gasteiger partial charge in [0, 0.05) is 5.56 Å². The van der Waals surface area contributed by atoms with E-state index in [1.807, 2.05) is 30.5 Å². The molecule has 29 heavy (non-hydrogen) atoms. The highest BCUT2D eigenvalue weighted by Crippen LogP contribution is 2.25. The van der Waals surface area contributed by atoms with E-state index in [0.717, 1.165) is 16.9 Å². The van der Waals surface area contributed by atoms with Gasteiger partial charge in [0.15, 0.2) is 17.2 Å². The van der Waals surface area contributed by atoms with Crippen molar-refractivity contribution in [3.63, 3.8) is 0 Å². The molecule has 0 bridgehead atoms. The summed E-state index contributed by atoms with van der Waals surface area (Å²) in [6.45, 7) is 4.25. The SMILES string of the molecule is Cc1nc2ccc(-c3cc(N)nc(N)c3)nc2n1C[C@H](C)Oc1ccccc1F. The van der Waals surface area contributed by atoms with E-state index in [0.29, 0.717) is 29.5 Å². The number of aryl methyl sites for hydroxylation is 1. The van der Waals surface area contributed by atoms with Gasteiger partial charge < -0.3 is 20.8 Å². The molecule has 7 nitrogen and oxygen atoms in total. The Labute approximate surface area is 167 Å². The van der Waals surface area contributed by atoms with Gasteiger partial charge in [-0.3, -0.25) is 0 Å². The maximum atomic E-state index is 13.9. The number of ether oxygens (including phenoxy) is 1. The molecule has 0 aliphatic heterocycles. The Hall–Kier alpha value is -3.68. The van der Waals surface area contributed by atoms with E-state index < -0.39 is 0 Å². The van der Waals surface area contributed by atoms with Crippen molar-refractivity contribution in [2.75, 3.05) is 11.5 Å². The van der Waals surface area contributed by atoms with Gasteiger partial charge in [0.1, 0.15) is 29.1 Å². The Morgan fingerprint density at radius 2 is 1.76 bits per heavy atom. The van der Waals surface area contributed by atoms with E-state index in [9.17, 15) is 4.39 Å². The maximum absolute atomic E-state index is 13.9. The second-order valence-corrected chi connectivity index (χ2v) is 6.87. The molecule has 4 aromatic rings. The lowest BCUT2D eigenvalue weighted by molar-refractivity contribution is 0.191. The van der Waals surface area contributed by atoms with Gasteiger partial charge in [-0.15, -0.1) is 0 Å². The summed E-state index contributed by atoms with van der Waals surface area (Å²) in [7, 11) is 0. The predicted octanol–water partition coefficient (Wildman–Crippen LogP) is 3.57. The number of benzene rings is 1. The number of nitrogens with two attached hydrogens (primary N) is 2. The van der Waals surface area contributed by atoms with Crippen molar-refractivity contribution < 1.29 is 9.13 Å². The molecule has 0 spiro atoms. The number of anilines is 2. The molecule has 0 aliphatic rings. The zero-order valence-electron chi connectivity index (χ0n) is 16.1. The number of pyridine rings is 2. The lowest BCUT2D eigenvalue weighted by Gasteiger charge is -2.17. The molecular weight excluding hydrogens is 371 g/mol. The van der Waals surface area contributed by atoms with E-state index in [4.69, 9.17) is 21.2 Å². The van der Waals surface area contributed by atoms with Crippen LogP contribution in [0.15, 0.2) is 48.5 Å². The molecule has 4 N–H and O–H groups in total. The number of rotatable bonds is 5. The Bertz CT molecular complexity index is 1170. The molecule has 4 rings (SSSR count). The minimum atomic E-state index is -0.389. The first kappa shape index (κ1) is 18.7. The highest BCUT2D eigenvalue weighted by atomic mass is 19.1. The third kappa shape index (κ3) is 3.82. The van der Waals surface area contributed by atoms with E-state index >= 15 is 0 Å². The van der Waals surface area contributed by atoms with Crippen LogP contribution in [0, 0.1) is 12.7 Å². The smallest absolute Gasteiger partial charge is 0.165 e. The van der Waals surface area contributed by atoms with Crippen LogP contribution in [-0.2, 0) is 6.54 Å². The molecule has 3 aromatic heterocycles. The zero-order valence-corrected chi connectivity index (χ0v) is 16.1. The highest BCUT2D eigenvalue weighted by Gasteiger charge is 2.15. The van der Waals surface area contributed by atoms with E-state index in [1.165, 1.54) is 6.07 Å². The first-order chi connectivity index (χ1) is 13.9. The van der Waals surface area contributed by atoms with Crippen LogP contribution < -0.4 is 16.2 Å². The van der Waals surface area contributed by atoms with Crippen LogP contribution >= 0.6 is 0 Å². The fourth-order valence-corrected chi connectivity index (χ4v) is 3.27. The van der Waals surface area contributed by atoms with Gasteiger partial charge >= 0.3 is 0 Å². The average molecular weight is 392 g/mol. The van der Waals surface area contributed by atoms with Crippen molar-refractivity contribution in [2.45, 2.75) is 26.5 Å². The standard InChI is InChI=1S/C21H21FN6O/c1-12(29-18-6-4-3-5-15(18)22)11-28-13(2)25-17-8-7-16(26-21(17)28)14-9-19(23)27-20(24)10-14/h3-10,12H,11H2,1-2H3,(H4,23,24,27)/t12-/m0/s1. The molecule has 8 heteroatoms. The van der Waals surface area contributed by atoms with Crippen LogP contribution in [0.5, 0.6) is 5.75 Å². The van der Waals surface area contributed by atoms with Crippen LogP contribution in [0.2, 0.25) is 0 Å². The van der Waals surface area contributed by atoms with Gasteiger partial charge in [-0.2, -0.15) is 0 Å². The second kappa shape index (κ2) is 7.38. The minimum absolute atomic E-state index is 0.221. The normalized spacial score (nSPS) is 12.2. The summed E-state index contributed by atoms with van der Waals surface area (Å²) in [5.74, 6) is 1.29. The third-order valence-electron chi connectivity index (χ3n) is 4.55. The monoisotopic (exact) mass is 392 g/mol. The molecular formula is C21H21FN6O. The van der Waals surface area contributed by atoms with Gasteiger partial charge in [0.25, 0.3) is 0 Å². The van der Waals surface area contributed by atoms with Crippen molar-refractivity contribution >= 4 is 22.8 Å². The Morgan fingerprint density at radius 1 is 1.03 bits per heavy atom. The number of nitrogens with zero attached hydrogens (tertiary/aromatic N) is 4. The van der Waals surface area contributed by atoms with Crippen LogP contribution in [-0.4, -0.2) is 25.6 Å². The number of fused-ring (bicyclic) bond motifs is 1. The van der Waals surface area contributed by atoms with Gasteiger partial charge in [0.2, 0.25) is 0 Å². The predicted molar refractivity (Wildman–Crippen MR) is 111 cm³/mol. The minimum Gasteiger partial charge on any atom is -0.486 e. The van der Waals surface area contributed by atoms with Crippen LogP contribution in [0.25, 0.3) is 22.4 Å². The molecule has 0 unspecified atom stereocenters. The molecule has 0 amide bonds. The lowest BCUT2D eigenvalue weighted by atomic mass is 10.1. The number of nitrogen functional groups attached to an aromatic ring is 2. The van der Waals surface area contributed by atoms with Crippen molar-refractivity contribution in [3.05, 3.63) is 60.2 Å². The van der Waals surface area contributed by atoms with E-state index in [1.54, 1.807) is 30.3 Å². The van der Waals surface area contributed by atoms with Gasteiger partial charge in [-0.25, -0.2) is 19.3 Å². The Kier molecular flexibility index (Phi) is 4.75. The second-order valence-electron chi connectivity index (χ2n) is 6.87. The topological polar surface area (TPSA) is 105 Å². The average Bonchev–Trinajstić information content (AvgIpc) is 2.97. The van der Waals surface area contributed by atoms with Gasteiger partial charge in [-0.05, 0) is 50.2 Å². The molecule has 0 fully saturated rings. The molecule has 1 atom stereocenters. The maximum Gasteiger partial charge on any atom is 0.165 e. The first-order valence-corrected chi connectivity index (χ1v) is 9.19. The number of imidazole rings is 1. The molecule has 0 saturated heterocycles. The van der Waals surface area contributed by atoms with Crippen molar-refractivity contribution in [1.29, 1.82) is 0 Å².